The number of benzene rings is 1. The van der Waals surface area contributed by atoms with Crippen LogP contribution in [0.5, 0.6) is 0 Å². The molecule has 2 aliphatic rings. The first-order valence-corrected chi connectivity index (χ1v) is 9.54. The van der Waals surface area contributed by atoms with Crippen molar-refractivity contribution in [3.63, 3.8) is 0 Å². The van der Waals surface area contributed by atoms with Gasteiger partial charge < -0.3 is 9.26 Å². The highest BCUT2D eigenvalue weighted by Gasteiger charge is 2.50. The first-order chi connectivity index (χ1) is 14.0. The van der Waals surface area contributed by atoms with Crippen molar-refractivity contribution < 1.29 is 23.6 Å². The van der Waals surface area contributed by atoms with Gasteiger partial charge in [0.15, 0.2) is 6.61 Å². The Morgan fingerprint density at radius 3 is 2.41 bits per heavy atom. The van der Waals surface area contributed by atoms with Crippen molar-refractivity contribution in [2.24, 2.45) is 11.8 Å². The predicted octanol–water partition coefficient (Wildman–Crippen LogP) is 2.43. The van der Waals surface area contributed by atoms with E-state index in [9.17, 15) is 14.4 Å². The molecule has 2 aromatic rings. The molecule has 150 valence electrons. The van der Waals surface area contributed by atoms with Crippen LogP contribution in [0.15, 0.2) is 40.9 Å². The van der Waals surface area contributed by atoms with Crippen LogP contribution in [-0.4, -0.2) is 38.9 Å². The lowest BCUT2D eigenvalue weighted by atomic mass is 9.85. The number of rotatable bonds is 5. The molecule has 0 unspecified atom stereocenters. The number of allylic oxidation sites excluding steroid dienone is 2. The number of esters is 1. The van der Waals surface area contributed by atoms with Crippen molar-refractivity contribution in [3.05, 3.63) is 47.9 Å². The Hall–Kier alpha value is -3.29. The molecule has 29 heavy (non-hydrogen) atoms. The third kappa shape index (κ3) is 3.57. The molecule has 1 fully saturated rings. The minimum Gasteiger partial charge on any atom is -0.454 e. The number of ether oxygens (including phenoxy) is 1. The first-order valence-electron chi connectivity index (χ1n) is 9.54. The molecular formula is C21H21N3O5. The van der Waals surface area contributed by atoms with E-state index in [2.05, 4.69) is 10.1 Å². The summed E-state index contributed by atoms with van der Waals surface area (Å²) < 4.78 is 10.4. The van der Waals surface area contributed by atoms with Crippen molar-refractivity contribution >= 4 is 17.8 Å². The van der Waals surface area contributed by atoms with Crippen LogP contribution < -0.4 is 0 Å². The van der Waals surface area contributed by atoms with E-state index in [0.717, 1.165) is 16.0 Å². The summed E-state index contributed by atoms with van der Waals surface area (Å²) in [4.78, 5) is 42.8. The average Bonchev–Trinajstić information content (AvgIpc) is 3.30. The van der Waals surface area contributed by atoms with Crippen LogP contribution in [0.4, 0.5) is 0 Å². The monoisotopic (exact) mass is 395 g/mol. The van der Waals surface area contributed by atoms with Gasteiger partial charge in [-0.2, -0.15) is 4.98 Å². The molecule has 8 heteroatoms. The van der Waals surface area contributed by atoms with E-state index >= 15 is 0 Å². The summed E-state index contributed by atoms with van der Waals surface area (Å²) >= 11 is 0. The van der Waals surface area contributed by atoms with Crippen LogP contribution >= 0.6 is 0 Å². The first kappa shape index (κ1) is 19.0. The second-order valence-electron chi connectivity index (χ2n) is 7.36. The molecule has 2 amide bonds. The van der Waals surface area contributed by atoms with Gasteiger partial charge in [-0.1, -0.05) is 47.1 Å². The zero-order chi connectivity index (χ0) is 20.5. The summed E-state index contributed by atoms with van der Waals surface area (Å²) in [7, 11) is 0. The fraction of sp³-hybridized carbons (Fsp3) is 0.381. The van der Waals surface area contributed by atoms with Crippen LogP contribution in [0.2, 0.25) is 0 Å². The molecule has 1 aliphatic heterocycles. The van der Waals surface area contributed by atoms with Gasteiger partial charge >= 0.3 is 5.97 Å². The smallest absolute Gasteiger partial charge is 0.329 e. The van der Waals surface area contributed by atoms with Crippen molar-refractivity contribution in [2.45, 2.75) is 39.3 Å². The summed E-state index contributed by atoms with van der Waals surface area (Å²) in [6.45, 7) is 3.24. The highest BCUT2D eigenvalue weighted by molar-refractivity contribution is 6.08. The highest BCUT2D eigenvalue weighted by atomic mass is 16.6. The molecule has 0 N–H and O–H groups in total. The lowest BCUT2D eigenvalue weighted by molar-refractivity contribution is -0.159. The quantitative estimate of drug-likeness (QED) is 0.435. The van der Waals surface area contributed by atoms with Crippen molar-refractivity contribution in [3.8, 4) is 11.4 Å². The minimum absolute atomic E-state index is 0.137. The number of imide groups is 1. The summed E-state index contributed by atoms with van der Waals surface area (Å²) in [6, 6.07) is 6.61. The molecular weight excluding hydrogens is 374 g/mol. The summed E-state index contributed by atoms with van der Waals surface area (Å²) in [5, 5.41) is 3.89. The Morgan fingerprint density at radius 2 is 1.79 bits per heavy atom. The van der Waals surface area contributed by atoms with Gasteiger partial charge in [-0.3, -0.25) is 14.5 Å². The van der Waals surface area contributed by atoms with E-state index < -0.39 is 12.0 Å². The maximum Gasteiger partial charge on any atom is 0.329 e. The van der Waals surface area contributed by atoms with Crippen LogP contribution in [0, 0.1) is 18.8 Å². The zero-order valence-corrected chi connectivity index (χ0v) is 16.2. The average molecular weight is 395 g/mol. The van der Waals surface area contributed by atoms with Crippen LogP contribution in [-0.2, 0) is 25.7 Å². The van der Waals surface area contributed by atoms with Crippen LogP contribution in [0.1, 0.15) is 31.2 Å². The number of nitrogens with zero attached hydrogens (tertiary/aromatic N) is 3. The van der Waals surface area contributed by atoms with Crippen molar-refractivity contribution in [1.82, 2.24) is 15.0 Å². The van der Waals surface area contributed by atoms with E-state index in [4.69, 9.17) is 9.26 Å². The third-order valence-electron chi connectivity index (χ3n) is 5.39. The zero-order valence-electron chi connectivity index (χ0n) is 16.2. The van der Waals surface area contributed by atoms with Gasteiger partial charge in [0.05, 0.1) is 11.8 Å². The van der Waals surface area contributed by atoms with E-state index in [0.29, 0.717) is 18.7 Å². The molecule has 0 saturated carbocycles. The van der Waals surface area contributed by atoms with Crippen LogP contribution in [0.3, 0.4) is 0 Å². The van der Waals surface area contributed by atoms with E-state index in [1.165, 1.54) is 6.92 Å². The van der Waals surface area contributed by atoms with E-state index in [1.54, 1.807) is 0 Å². The van der Waals surface area contributed by atoms with Gasteiger partial charge in [0.25, 0.3) is 5.89 Å². The second-order valence-corrected chi connectivity index (χ2v) is 7.36. The molecule has 3 atom stereocenters. The largest absolute Gasteiger partial charge is 0.454 e. The predicted molar refractivity (Wildman–Crippen MR) is 101 cm³/mol. The number of amides is 2. The summed E-state index contributed by atoms with van der Waals surface area (Å²) in [5.41, 5.74) is 1.90. The normalized spacial score (nSPS) is 21.9. The fourth-order valence-corrected chi connectivity index (χ4v) is 3.70. The molecule has 2 heterocycles. The van der Waals surface area contributed by atoms with E-state index in [-0.39, 0.29) is 36.1 Å². The van der Waals surface area contributed by atoms with Gasteiger partial charge in [0.1, 0.15) is 6.04 Å². The summed E-state index contributed by atoms with van der Waals surface area (Å²) in [5.74, 6) is -1.54. The Morgan fingerprint density at radius 1 is 1.17 bits per heavy atom. The lowest BCUT2D eigenvalue weighted by Gasteiger charge is -2.21. The third-order valence-corrected chi connectivity index (χ3v) is 5.39. The fourth-order valence-electron chi connectivity index (χ4n) is 3.70. The standard InChI is InChI=1S/C21H21N3O5/c1-12-7-9-14(10-8-12)18-22-17(29-23-18)11-28-21(27)13(2)24-19(25)15-5-3-4-6-16(15)20(24)26/h3-4,7-10,13,15-16H,5-6,11H2,1-2H3/t13-,15+,16+/m0/s1. The maximum absolute atomic E-state index is 12.6. The summed E-state index contributed by atoms with van der Waals surface area (Å²) in [6.07, 6.45) is 4.86. The molecule has 1 aliphatic carbocycles. The number of carbonyl (C=O) groups excluding carboxylic acids is 3. The SMILES string of the molecule is Cc1ccc(-c2noc(COC(=O)[C@H](C)N3C(=O)[C@@H]4CC=CC[C@H]4C3=O)n2)cc1. The molecule has 8 nitrogen and oxygen atoms in total. The molecule has 0 spiro atoms. The van der Waals surface area contributed by atoms with Gasteiger partial charge in [-0.15, -0.1) is 0 Å². The maximum atomic E-state index is 12.6. The number of hydrogen-bond acceptors (Lipinski definition) is 7. The van der Waals surface area contributed by atoms with E-state index in [1.807, 2.05) is 43.3 Å². The molecule has 4 rings (SSSR count). The number of likely N-dealkylation sites (tertiary alicyclic amines) is 1. The molecule has 0 bridgehead atoms. The van der Waals surface area contributed by atoms with Crippen molar-refractivity contribution in [1.29, 1.82) is 0 Å². The Labute approximate surface area is 167 Å². The number of aryl methyl sites for hydroxylation is 1. The minimum atomic E-state index is -1.000. The Bertz CT molecular complexity index is 952. The molecule has 1 aromatic carbocycles. The Kier molecular flexibility index (Phi) is 5.00. The number of hydrogen-bond donors (Lipinski definition) is 0. The van der Waals surface area contributed by atoms with Gasteiger partial charge in [-0.05, 0) is 26.7 Å². The molecule has 1 aromatic heterocycles. The van der Waals surface area contributed by atoms with Crippen molar-refractivity contribution in [2.75, 3.05) is 0 Å². The topological polar surface area (TPSA) is 103 Å². The van der Waals surface area contributed by atoms with Crippen LogP contribution in [0.25, 0.3) is 11.4 Å². The Balaban J connectivity index is 1.38. The molecule has 1 saturated heterocycles. The highest BCUT2D eigenvalue weighted by Crippen LogP contribution is 2.36. The van der Waals surface area contributed by atoms with Gasteiger partial charge in [0.2, 0.25) is 17.6 Å². The van der Waals surface area contributed by atoms with Gasteiger partial charge in [0, 0.05) is 5.56 Å². The number of carbonyl (C=O) groups is 3. The lowest BCUT2D eigenvalue weighted by Crippen LogP contribution is -2.44. The van der Waals surface area contributed by atoms with Gasteiger partial charge in [-0.25, -0.2) is 4.79 Å². The number of fused-ring (bicyclic) bond motifs is 1. The number of aromatic nitrogens is 2. The molecule has 0 radical (unpaired) electrons. The second kappa shape index (κ2) is 7.62.